The summed E-state index contributed by atoms with van der Waals surface area (Å²) in [5.74, 6) is 0.192. The minimum absolute atomic E-state index is 0.0717. The number of nitriles is 1. The van der Waals surface area contributed by atoms with Gasteiger partial charge in [-0.25, -0.2) is 4.99 Å². The fourth-order valence-electron chi connectivity index (χ4n) is 4.83. The van der Waals surface area contributed by atoms with Gasteiger partial charge in [-0.3, -0.25) is 9.59 Å². The van der Waals surface area contributed by atoms with E-state index >= 15 is 0 Å². The average molecular weight is 488 g/mol. The Hall–Kier alpha value is -3.54. The molecule has 1 fully saturated rings. The Bertz CT molecular complexity index is 1210. The maximum absolute atomic E-state index is 12.9. The fourth-order valence-corrected chi connectivity index (χ4v) is 4.83. The second kappa shape index (κ2) is 11.5. The fraction of sp³-hybridized carbons (Fsp3) is 0.429. The SMILES string of the molecule is CC(=NC(=O)c1ccc(OC(C)C)c(C#N)c1)c1cccc2c1CCC2NCC(=O)N1CCNCC1. The largest absolute Gasteiger partial charge is 0.490 e. The Labute approximate surface area is 212 Å². The van der Waals surface area contributed by atoms with Crippen LogP contribution in [0.3, 0.4) is 0 Å². The van der Waals surface area contributed by atoms with E-state index in [1.54, 1.807) is 12.1 Å². The summed E-state index contributed by atoms with van der Waals surface area (Å²) in [6.07, 6.45) is 1.68. The van der Waals surface area contributed by atoms with E-state index < -0.39 is 5.91 Å². The lowest BCUT2D eigenvalue weighted by Crippen LogP contribution is -2.49. The Balaban J connectivity index is 1.47. The molecule has 1 atom stereocenters. The standard InChI is InChI=1S/C28H33N5O3/c1-18(2)36-26-10-7-20(15-21(26)16-29)28(35)32-19(3)22-5-4-6-24-23(22)8-9-25(24)31-17-27(34)33-13-11-30-12-14-33/h4-7,10,15,18,25,30-31H,8-9,11-14,17H2,1-3H3. The van der Waals surface area contributed by atoms with Crippen LogP contribution < -0.4 is 15.4 Å². The number of nitrogens with one attached hydrogen (secondary N) is 2. The van der Waals surface area contributed by atoms with Crippen molar-refractivity contribution in [3.63, 3.8) is 0 Å². The molecule has 1 saturated heterocycles. The number of nitrogens with zero attached hydrogens (tertiary/aromatic N) is 3. The van der Waals surface area contributed by atoms with Crippen LogP contribution in [0.5, 0.6) is 5.75 Å². The van der Waals surface area contributed by atoms with Gasteiger partial charge in [-0.15, -0.1) is 0 Å². The van der Waals surface area contributed by atoms with Crippen LogP contribution in [-0.2, 0) is 11.2 Å². The lowest BCUT2D eigenvalue weighted by Gasteiger charge is -2.28. The molecule has 0 aromatic heterocycles. The molecule has 1 heterocycles. The second-order valence-electron chi connectivity index (χ2n) is 9.47. The maximum Gasteiger partial charge on any atom is 0.277 e. The molecule has 1 aliphatic carbocycles. The van der Waals surface area contributed by atoms with Crippen LogP contribution in [0.1, 0.15) is 65.8 Å². The number of piperazine rings is 1. The summed E-state index contributed by atoms with van der Waals surface area (Å²) < 4.78 is 5.65. The molecule has 1 unspecified atom stereocenters. The van der Waals surface area contributed by atoms with Gasteiger partial charge in [0.1, 0.15) is 11.8 Å². The third-order valence-corrected chi connectivity index (χ3v) is 6.61. The summed E-state index contributed by atoms with van der Waals surface area (Å²) in [6, 6.07) is 13.1. The number of carbonyl (C=O) groups is 2. The van der Waals surface area contributed by atoms with Gasteiger partial charge in [-0.05, 0) is 68.5 Å². The van der Waals surface area contributed by atoms with Crippen molar-refractivity contribution in [1.29, 1.82) is 5.26 Å². The zero-order valence-electron chi connectivity index (χ0n) is 21.1. The van der Waals surface area contributed by atoms with Gasteiger partial charge in [0.05, 0.1) is 18.2 Å². The average Bonchev–Trinajstić information content (AvgIpc) is 3.30. The first kappa shape index (κ1) is 25.5. The normalized spacial score (nSPS) is 17.6. The highest BCUT2D eigenvalue weighted by Gasteiger charge is 2.26. The lowest BCUT2D eigenvalue weighted by molar-refractivity contribution is -0.130. The first-order valence-corrected chi connectivity index (χ1v) is 12.5. The topological polar surface area (TPSA) is 107 Å². The van der Waals surface area contributed by atoms with E-state index in [0.29, 0.717) is 29.1 Å². The van der Waals surface area contributed by atoms with Crippen molar-refractivity contribution in [2.45, 2.75) is 45.8 Å². The van der Waals surface area contributed by atoms with E-state index in [0.717, 1.165) is 55.7 Å². The molecule has 2 aliphatic rings. The molecule has 0 spiro atoms. The molecule has 1 aliphatic heterocycles. The molecule has 2 amide bonds. The molecule has 2 aromatic rings. The first-order chi connectivity index (χ1) is 17.4. The zero-order chi connectivity index (χ0) is 25.7. The Kier molecular flexibility index (Phi) is 8.14. The highest BCUT2D eigenvalue weighted by atomic mass is 16.5. The highest BCUT2D eigenvalue weighted by molar-refractivity contribution is 6.10. The van der Waals surface area contributed by atoms with Gasteiger partial charge in [-0.1, -0.05) is 18.2 Å². The third kappa shape index (κ3) is 5.81. The number of rotatable bonds is 7. The highest BCUT2D eigenvalue weighted by Crippen LogP contribution is 2.33. The van der Waals surface area contributed by atoms with E-state index in [1.807, 2.05) is 37.8 Å². The summed E-state index contributed by atoms with van der Waals surface area (Å²) in [7, 11) is 0. The second-order valence-corrected chi connectivity index (χ2v) is 9.47. The number of hydrogen-bond donors (Lipinski definition) is 2. The van der Waals surface area contributed by atoms with E-state index in [9.17, 15) is 14.9 Å². The Morgan fingerprint density at radius 1 is 1.25 bits per heavy atom. The van der Waals surface area contributed by atoms with Crippen LogP contribution in [0, 0.1) is 11.3 Å². The van der Waals surface area contributed by atoms with Gasteiger partial charge in [0, 0.05) is 43.5 Å². The van der Waals surface area contributed by atoms with Crippen molar-refractivity contribution in [1.82, 2.24) is 15.5 Å². The van der Waals surface area contributed by atoms with Crippen LogP contribution in [-0.4, -0.2) is 61.3 Å². The van der Waals surface area contributed by atoms with Crippen LogP contribution in [0.4, 0.5) is 0 Å². The van der Waals surface area contributed by atoms with Gasteiger partial charge in [-0.2, -0.15) is 5.26 Å². The van der Waals surface area contributed by atoms with Crippen LogP contribution in [0.2, 0.25) is 0 Å². The summed E-state index contributed by atoms with van der Waals surface area (Å²) in [4.78, 5) is 31.8. The van der Waals surface area contributed by atoms with Crippen LogP contribution in [0.25, 0.3) is 0 Å². The number of benzene rings is 2. The van der Waals surface area contributed by atoms with Crippen molar-refractivity contribution in [2.24, 2.45) is 4.99 Å². The van der Waals surface area contributed by atoms with Crippen molar-refractivity contribution in [2.75, 3.05) is 32.7 Å². The lowest BCUT2D eigenvalue weighted by atomic mass is 9.99. The van der Waals surface area contributed by atoms with Crippen molar-refractivity contribution < 1.29 is 14.3 Å². The summed E-state index contributed by atoms with van der Waals surface area (Å²) >= 11 is 0. The van der Waals surface area contributed by atoms with Gasteiger partial charge >= 0.3 is 0 Å². The summed E-state index contributed by atoms with van der Waals surface area (Å²) in [5, 5.41) is 16.2. The van der Waals surface area contributed by atoms with Crippen molar-refractivity contribution in [3.8, 4) is 11.8 Å². The molecular weight excluding hydrogens is 454 g/mol. The number of ether oxygens (including phenoxy) is 1. The molecule has 0 radical (unpaired) electrons. The smallest absolute Gasteiger partial charge is 0.277 e. The van der Waals surface area contributed by atoms with Gasteiger partial charge < -0.3 is 20.3 Å². The molecule has 2 N–H and O–H groups in total. The van der Waals surface area contributed by atoms with Crippen molar-refractivity contribution >= 4 is 17.5 Å². The molecule has 188 valence electrons. The van der Waals surface area contributed by atoms with Crippen molar-refractivity contribution in [3.05, 3.63) is 64.2 Å². The van der Waals surface area contributed by atoms with Gasteiger partial charge in [0.25, 0.3) is 5.91 Å². The number of hydrogen-bond acceptors (Lipinski definition) is 6. The minimum Gasteiger partial charge on any atom is -0.490 e. The Morgan fingerprint density at radius 3 is 2.75 bits per heavy atom. The molecule has 2 aromatic carbocycles. The molecule has 36 heavy (non-hydrogen) atoms. The Morgan fingerprint density at radius 2 is 2.03 bits per heavy atom. The van der Waals surface area contributed by atoms with Crippen LogP contribution in [0.15, 0.2) is 41.4 Å². The molecule has 8 nitrogen and oxygen atoms in total. The summed E-state index contributed by atoms with van der Waals surface area (Å²) in [6.45, 7) is 9.10. The molecule has 0 saturated carbocycles. The van der Waals surface area contributed by atoms with E-state index in [1.165, 1.54) is 6.07 Å². The number of amides is 2. The van der Waals surface area contributed by atoms with E-state index in [2.05, 4.69) is 27.8 Å². The minimum atomic E-state index is -0.396. The quantitative estimate of drug-likeness (QED) is 0.582. The molecule has 8 heteroatoms. The maximum atomic E-state index is 12.9. The van der Waals surface area contributed by atoms with Crippen LogP contribution >= 0.6 is 0 Å². The predicted octanol–water partition coefficient (Wildman–Crippen LogP) is 3.00. The van der Waals surface area contributed by atoms with Gasteiger partial charge in [0.2, 0.25) is 5.91 Å². The zero-order valence-corrected chi connectivity index (χ0v) is 21.1. The molecule has 0 bridgehead atoms. The van der Waals surface area contributed by atoms with E-state index in [-0.39, 0.29) is 18.1 Å². The first-order valence-electron chi connectivity index (χ1n) is 12.5. The summed E-state index contributed by atoms with van der Waals surface area (Å²) in [5.41, 5.74) is 4.56. The number of aliphatic imine (C=N–C) groups is 1. The third-order valence-electron chi connectivity index (χ3n) is 6.61. The number of carbonyl (C=O) groups excluding carboxylic acids is 2. The van der Waals surface area contributed by atoms with E-state index in [4.69, 9.17) is 4.74 Å². The molecular formula is C28H33N5O3. The monoisotopic (exact) mass is 487 g/mol. The van der Waals surface area contributed by atoms with Gasteiger partial charge in [0.15, 0.2) is 0 Å². The number of fused-ring (bicyclic) bond motifs is 1. The molecule has 4 rings (SSSR count). The predicted molar refractivity (Wildman–Crippen MR) is 138 cm³/mol.